The normalized spacial score (nSPS) is 18.8. The van der Waals surface area contributed by atoms with E-state index in [2.05, 4.69) is 10.6 Å². The predicted octanol–water partition coefficient (Wildman–Crippen LogP) is 2.57. The minimum absolute atomic E-state index is 0.0124. The van der Waals surface area contributed by atoms with E-state index < -0.39 is 0 Å². The molecule has 1 saturated heterocycles. The Labute approximate surface area is 163 Å². The first kappa shape index (κ1) is 18.2. The van der Waals surface area contributed by atoms with Gasteiger partial charge in [-0.2, -0.15) is 0 Å². The minimum Gasteiger partial charge on any atom is -0.349 e. The number of rotatable bonds is 6. The first-order valence-corrected chi connectivity index (χ1v) is 9.62. The molecule has 2 aliphatic rings. The number of hydrogen-bond acceptors (Lipinski definition) is 3. The Morgan fingerprint density at radius 2 is 1.82 bits per heavy atom. The SMILES string of the molecule is O=C(NC1CC1)c1cccc(NC(=O)[C@@H]2CC(=O)N(Cc3ccccc3)C2)c1. The molecule has 1 aliphatic heterocycles. The summed E-state index contributed by atoms with van der Waals surface area (Å²) in [7, 11) is 0. The van der Waals surface area contributed by atoms with E-state index in [-0.39, 0.29) is 36.1 Å². The molecule has 2 N–H and O–H groups in total. The van der Waals surface area contributed by atoms with Crippen molar-refractivity contribution in [3.8, 4) is 0 Å². The molecule has 2 aromatic carbocycles. The lowest BCUT2D eigenvalue weighted by molar-refractivity contribution is -0.128. The number of carbonyl (C=O) groups excluding carboxylic acids is 3. The Kier molecular flexibility index (Phi) is 5.10. The molecule has 6 heteroatoms. The zero-order valence-electron chi connectivity index (χ0n) is 15.6. The van der Waals surface area contributed by atoms with E-state index in [4.69, 9.17) is 0 Å². The Balaban J connectivity index is 1.36. The van der Waals surface area contributed by atoms with E-state index in [1.54, 1.807) is 29.2 Å². The summed E-state index contributed by atoms with van der Waals surface area (Å²) in [6.45, 7) is 0.918. The van der Waals surface area contributed by atoms with Crippen molar-refractivity contribution in [3.63, 3.8) is 0 Å². The lowest BCUT2D eigenvalue weighted by Crippen LogP contribution is -2.28. The molecular formula is C22H23N3O3. The summed E-state index contributed by atoms with van der Waals surface area (Å²) in [6.07, 6.45) is 2.26. The van der Waals surface area contributed by atoms with Gasteiger partial charge in [0.2, 0.25) is 11.8 Å². The zero-order valence-corrected chi connectivity index (χ0v) is 15.6. The Hall–Kier alpha value is -3.15. The number of likely N-dealkylation sites (tertiary alicyclic amines) is 1. The first-order valence-electron chi connectivity index (χ1n) is 9.62. The van der Waals surface area contributed by atoms with Gasteiger partial charge in [0.05, 0.1) is 5.92 Å². The molecule has 1 aliphatic carbocycles. The van der Waals surface area contributed by atoms with Crippen molar-refractivity contribution in [2.45, 2.75) is 31.8 Å². The van der Waals surface area contributed by atoms with Gasteiger partial charge in [-0.1, -0.05) is 36.4 Å². The smallest absolute Gasteiger partial charge is 0.251 e. The molecule has 1 heterocycles. The minimum atomic E-state index is -0.389. The molecule has 6 nitrogen and oxygen atoms in total. The van der Waals surface area contributed by atoms with Crippen molar-refractivity contribution in [3.05, 3.63) is 65.7 Å². The second-order valence-corrected chi connectivity index (χ2v) is 7.48. The molecule has 0 bridgehead atoms. The third kappa shape index (κ3) is 4.39. The van der Waals surface area contributed by atoms with Gasteiger partial charge in [-0.05, 0) is 36.6 Å². The average molecular weight is 377 g/mol. The molecular weight excluding hydrogens is 354 g/mol. The fraction of sp³-hybridized carbons (Fsp3) is 0.318. The highest BCUT2D eigenvalue weighted by Gasteiger charge is 2.34. The lowest BCUT2D eigenvalue weighted by Gasteiger charge is -2.16. The average Bonchev–Trinajstić information content (AvgIpc) is 3.44. The van der Waals surface area contributed by atoms with Gasteiger partial charge in [0.1, 0.15) is 0 Å². The van der Waals surface area contributed by atoms with Crippen molar-refractivity contribution >= 4 is 23.4 Å². The van der Waals surface area contributed by atoms with E-state index >= 15 is 0 Å². The lowest BCUT2D eigenvalue weighted by atomic mass is 10.1. The van der Waals surface area contributed by atoms with E-state index in [9.17, 15) is 14.4 Å². The molecule has 0 spiro atoms. The number of benzene rings is 2. The fourth-order valence-electron chi connectivity index (χ4n) is 3.38. The molecule has 0 radical (unpaired) electrons. The quantitative estimate of drug-likeness (QED) is 0.812. The maximum Gasteiger partial charge on any atom is 0.251 e. The second kappa shape index (κ2) is 7.84. The van der Waals surface area contributed by atoms with Gasteiger partial charge in [-0.25, -0.2) is 0 Å². The largest absolute Gasteiger partial charge is 0.349 e. The van der Waals surface area contributed by atoms with Crippen LogP contribution in [0.5, 0.6) is 0 Å². The van der Waals surface area contributed by atoms with Crippen LogP contribution in [0, 0.1) is 5.92 Å². The number of hydrogen-bond donors (Lipinski definition) is 2. The van der Waals surface area contributed by atoms with Crippen molar-refractivity contribution in [2.24, 2.45) is 5.92 Å². The highest BCUT2D eigenvalue weighted by molar-refractivity contribution is 5.99. The molecule has 28 heavy (non-hydrogen) atoms. The maximum absolute atomic E-state index is 12.6. The van der Waals surface area contributed by atoms with Gasteiger partial charge >= 0.3 is 0 Å². The topological polar surface area (TPSA) is 78.5 Å². The molecule has 2 aromatic rings. The van der Waals surface area contributed by atoms with Crippen LogP contribution in [0.2, 0.25) is 0 Å². The second-order valence-electron chi connectivity index (χ2n) is 7.48. The van der Waals surface area contributed by atoms with Gasteiger partial charge in [-0.15, -0.1) is 0 Å². The van der Waals surface area contributed by atoms with Crippen LogP contribution in [-0.2, 0) is 16.1 Å². The highest BCUT2D eigenvalue weighted by atomic mass is 16.2. The summed E-state index contributed by atoms with van der Waals surface area (Å²) < 4.78 is 0. The molecule has 3 amide bonds. The van der Waals surface area contributed by atoms with E-state index in [0.29, 0.717) is 24.3 Å². The van der Waals surface area contributed by atoms with Crippen LogP contribution in [0.4, 0.5) is 5.69 Å². The number of carbonyl (C=O) groups is 3. The summed E-state index contributed by atoms with van der Waals surface area (Å²) in [4.78, 5) is 38.8. The van der Waals surface area contributed by atoms with Crippen LogP contribution in [0.15, 0.2) is 54.6 Å². The molecule has 0 unspecified atom stereocenters. The molecule has 0 aromatic heterocycles. The van der Waals surface area contributed by atoms with Gasteiger partial charge in [0, 0.05) is 36.8 Å². The monoisotopic (exact) mass is 377 g/mol. The van der Waals surface area contributed by atoms with E-state index in [1.165, 1.54) is 0 Å². The molecule has 2 fully saturated rings. The number of nitrogens with zero attached hydrogens (tertiary/aromatic N) is 1. The summed E-state index contributed by atoms with van der Waals surface area (Å²) in [6, 6.07) is 16.9. The molecule has 1 saturated carbocycles. The van der Waals surface area contributed by atoms with Crippen molar-refractivity contribution in [2.75, 3.05) is 11.9 Å². The van der Waals surface area contributed by atoms with Gasteiger partial charge in [0.15, 0.2) is 0 Å². The fourth-order valence-corrected chi connectivity index (χ4v) is 3.38. The van der Waals surface area contributed by atoms with Crippen molar-refractivity contribution < 1.29 is 14.4 Å². The number of amides is 3. The van der Waals surface area contributed by atoms with E-state index in [0.717, 1.165) is 18.4 Å². The van der Waals surface area contributed by atoms with Crippen LogP contribution in [-0.4, -0.2) is 35.2 Å². The van der Waals surface area contributed by atoms with Crippen molar-refractivity contribution in [1.82, 2.24) is 10.2 Å². The first-order chi connectivity index (χ1) is 13.6. The zero-order chi connectivity index (χ0) is 19.5. The summed E-state index contributed by atoms with van der Waals surface area (Å²) in [5, 5.41) is 5.79. The van der Waals surface area contributed by atoms with Crippen LogP contribution >= 0.6 is 0 Å². The maximum atomic E-state index is 12.6. The van der Waals surface area contributed by atoms with Crippen LogP contribution in [0.1, 0.15) is 35.2 Å². The van der Waals surface area contributed by atoms with E-state index in [1.807, 2.05) is 30.3 Å². The predicted molar refractivity (Wildman–Crippen MR) is 106 cm³/mol. The Morgan fingerprint density at radius 1 is 1.04 bits per heavy atom. The van der Waals surface area contributed by atoms with Crippen LogP contribution in [0.3, 0.4) is 0 Å². The van der Waals surface area contributed by atoms with Crippen LogP contribution in [0.25, 0.3) is 0 Å². The van der Waals surface area contributed by atoms with Gasteiger partial charge in [-0.3, -0.25) is 14.4 Å². The highest BCUT2D eigenvalue weighted by Crippen LogP contribution is 2.23. The standard InChI is InChI=1S/C22H23N3O3/c26-20-12-17(14-25(20)13-15-5-2-1-3-6-15)22(28)24-19-8-4-7-16(11-19)21(27)23-18-9-10-18/h1-8,11,17-18H,9-10,12-14H2,(H,23,27)(H,24,28)/t17-/m1/s1. The Bertz CT molecular complexity index is 893. The molecule has 144 valence electrons. The van der Waals surface area contributed by atoms with Crippen molar-refractivity contribution in [1.29, 1.82) is 0 Å². The Morgan fingerprint density at radius 3 is 2.57 bits per heavy atom. The summed E-state index contributed by atoms with van der Waals surface area (Å²) in [5.41, 5.74) is 2.14. The van der Waals surface area contributed by atoms with Gasteiger partial charge < -0.3 is 15.5 Å². The molecule has 4 rings (SSSR count). The number of nitrogens with one attached hydrogen (secondary N) is 2. The summed E-state index contributed by atoms with van der Waals surface area (Å²) in [5.74, 6) is -0.714. The third-order valence-corrected chi connectivity index (χ3v) is 5.11. The third-order valence-electron chi connectivity index (χ3n) is 5.11. The van der Waals surface area contributed by atoms with Gasteiger partial charge in [0.25, 0.3) is 5.91 Å². The summed E-state index contributed by atoms with van der Waals surface area (Å²) >= 11 is 0. The molecule has 1 atom stereocenters. The van der Waals surface area contributed by atoms with Crippen LogP contribution < -0.4 is 10.6 Å². The number of anilines is 1.